The number of rotatable bonds is 5. The van der Waals surface area contributed by atoms with E-state index in [1.165, 1.54) is 0 Å². The molecular weight excluding hydrogens is 112 g/mol. The van der Waals surface area contributed by atoms with Crippen molar-refractivity contribution in [2.24, 2.45) is 5.92 Å². The average Bonchev–Trinajstić information content (AvgIpc) is 1.91. The summed E-state index contributed by atoms with van der Waals surface area (Å²) < 4.78 is 0. The van der Waals surface area contributed by atoms with Crippen LogP contribution in [0.4, 0.5) is 0 Å². The third-order valence-corrected chi connectivity index (χ3v) is 1.24. The van der Waals surface area contributed by atoms with E-state index in [1.807, 2.05) is 7.74 Å². The zero-order valence-corrected chi connectivity index (χ0v) is 5.67. The van der Waals surface area contributed by atoms with Crippen molar-refractivity contribution < 1.29 is 9.59 Å². The molecule has 0 aliphatic carbocycles. The van der Waals surface area contributed by atoms with Gasteiger partial charge >= 0.3 is 0 Å². The van der Waals surface area contributed by atoms with Gasteiger partial charge in [0.05, 0.1) is 27.9 Å². The molecule has 0 aliphatic rings. The fourth-order valence-corrected chi connectivity index (χ4v) is 0.608. The molecule has 0 rings (SSSR count). The Hall–Kier alpha value is -0.465. The average molecular weight is 122 g/mol. The molecule has 0 aromatic rings. The van der Waals surface area contributed by atoms with Crippen LogP contribution in [0, 0.1) is 5.92 Å². The highest BCUT2D eigenvalue weighted by Gasteiger charge is 2.03. The highest BCUT2D eigenvalue weighted by atomic mass is 16.1. The summed E-state index contributed by atoms with van der Waals surface area (Å²) in [5.74, 6) is -0.357. The number of hydrogen-bond acceptors (Lipinski definition) is 2. The zero-order chi connectivity index (χ0) is 7.11. The Balaban J connectivity index is 3.30. The maximum Gasteiger partial charge on any atom is 0.129 e. The lowest BCUT2D eigenvalue weighted by atomic mass is 9.26. The van der Waals surface area contributed by atoms with Gasteiger partial charge in [-0.1, -0.05) is 6.32 Å². The minimum Gasteiger partial charge on any atom is -0.303 e. The second kappa shape index (κ2) is 5.67. The van der Waals surface area contributed by atoms with Crippen molar-refractivity contribution in [3.63, 3.8) is 0 Å². The van der Waals surface area contributed by atoms with Crippen LogP contribution in [0.1, 0.15) is 0 Å². The normalized spacial score (nSPS) is 8.56. The predicted octanol–water partition coefficient (Wildman–Crippen LogP) is -2.25. The number of hydrogen-bond donors (Lipinski definition) is 0. The van der Waals surface area contributed by atoms with Crippen LogP contribution in [-0.2, 0) is 9.59 Å². The van der Waals surface area contributed by atoms with E-state index in [1.54, 1.807) is 0 Å². The lowest BCUT2D eigenvalue weighted by Gasteiger charge is -1.94. The third-order valence-electron chi connectivity index (χ3n) is 1.24. The fourth-order valence-electron chi connectivity index (χ4n) is 0.608. The standard InChI is InChI=1S/C4H9B3O2/c5-7-6-1-4(2-8)3-9/h2-4,6-7H,1,5H2. The minimum absolute atomic E-state index is 0.357. The molecule has 0 aromatic heterocycles. The van der Waals surface area contributed by atoms with Crippen LogP contribution in [0.25, 0.3) is 0 Å². The molecule has 0 bridgehead atoms. The monoisotopic (exact) mass is 122 g/mol. The molecule has 0 aromatic carbocycles. The summed E-state index contributed by atoms with van der Waals surface area (Å²) in [5.41, 5.74) is 0. The summed E-state index contributed by atoms with van der Waals surface area (Å²) in [6.07, 6.45) is 2.13. The minimum atomic E-state index is -0.357. The van der Waals surface area contributed by atoms with Gasteiger partial charge in [-0.15, -0.1) is 0 Å². The molecule has 5 heteroatoms. The van der Waals surface area contributed by atoms with Crippen LogP contribution in [0.2, 0.25) is 6.32 Å². The highest BCUT2D eigenvalue weighted by molar-refractivity contribution is 7.23. The van der Waals surface area contributed by atoms with Gasteiger partial charge in [0, 0.05) is 0 Å². The second-order valence-electron chi connectivity index (χ2n) is 2.08. The van der Waals surface area contributed by atoms with Crippen molar-refractivity contribution in [1.82, 2.24) is 0 Å². The van der Waals surface area contributed by atoms with E-state index < -0.39 is 0 Å². The van der Waals surface area contributed by atoms with Crippen LogP contribution < -0.4 is 0 Å². The summed E-state index contributed by atoms with van der Waals surface area (Å²) in [6, 6.07) is 0. The number of carbonyl (C=O) groups is 2. The molecule has 9 heavy (non-hydrogen) atoms. The van der Waals surface area contributed by atoms with Crippen LogP contribution >= 0.6 is 0 Å². The molecule has 0 fully saturated rings. The van der Waals surface area contributed by atoms with Gasteiger partial charge in [0.15, 0.2) is 0 Å². The van der Waals surface area contributed by atoms with E-state index >= 15 is 0 Å². The molecule has 0 atom stereocenters. The molecule has 0 unspecified atom stereocenters. The Kier molecular flexibility index (Phi) is 5.37. The van der Waals surface area contributed by atoms with Gasteiger partial charge in [0.25, 0.3) is 0 Å². The van der Waals surface area contributed by atoms with Crippen LogP contribution in [0.15, 0.2) is 0 Å². The first-order valence-electron chi connectivity index (χ1n) is 3.25. The lowest BCUT2D eigenvalue weighted by Crippen LogP contribution is -2.11. The van der Waals surface area contributed by atoms with E-state index in [0.717, 1.165) is 14.2 Å². The molecule has 46 valence electrons. The van der Waals surface area contributed by atoms with Crippen molar-refractivity contribution in [2.75, 3.05) is 0 Å². The largest absolute Gasteiger partial charge is 0.303 e. The summed E-state index contributed by atoms with van der Waals surface area (Å²) in [6.45, 7) is 0. The van der Waals surface area contributed by atoms with Crippen molar-refractivity contribution in [3.8, 4) is 0 Å². The Morgan fingerprint density at radius 1 is 1.44 bits per heavy atom. The Labute approximate surface area is 57.2 Å². The van der Waals surface area contributed by atoms with Crippen molar-refractivity contribution >= 4 is 34.5 Å². The quantitative estimate of drug-likeness (QED) is 0.234. The topological polar surface area (TPSA) is 34.1 Å². The Bertz CT molecular complexity index is 87.8. The van der Waals surface area contributed by atoms with Gasteiger partial charge in [-0.25, -0.2) is 0 Å². The van der Waals surface area contributed by atoms with Crippen LogP contribution in [-0.4, -0.2) is 34.5 Å². The maximum atomic E-state index is 10.0. The van der Waals surface area contributed by atoms with Gasteiger partial charge in [-0.2, -0.15) is 0 Å². The molecule has 0 aliphatic heterocycles. The predicted molar refractivity (Wildman–Crippen MR) is 43.3 cm³/mol. The molecular formula is C4H9B3O2. The zero-order valence-electron chi connectivity index (χ0n) is 5.67. The third kappa shape index (κ3) is 4.07. The van der Waals surface area contributed by atoms with Crippen molar-refractivity contribution in [1.29, 1.82) is 0 Å². The molecule has 0 radical (unpaired) electrons. The molecule has 0 N–H and O–H groups in total. The van der Waals surface area contributed by atoms with E-state index in [9.17, 15) is 9.59 Å². The van der Waals surface area contributed by atoms with E-state index in [0.29, 0.717) is 18.9 Å². The summed E-state index contributed by atoms with van der Waals surface area (Å²) in [7, 11) is 4.03. The summed E-state index contributed by atoms with van der Waals surface area (Å²) in [4.78, 5) is 20.0. The SMILES string of the molecule is BBBCC(C=O)C=O. The van der Waals surface area contributed by atoms with Gasteiger partial charge in [-0.3, -0.25) is 0 Å². The van der Waals surface area contributed by atoms with E-state index in [-0.39, 0.29) is 5.92 Å². The highest BCUT2D eigenvalue weighted by Crippen LogP contribution is 1.92. The number of carbonyl (C=O) groups excluding carboxylic acids is 2. The second-order valence-corrected chi connectivity index (χ2v) is 2.08. The van der Waals surface area contributed by atoms with Gasteiger partial charge < -0.3 is 9.59 Å². The molecule has 0 heterocycles. The first-order chi connectivity index (χ1) is 4.35. The molecule has 0 amide bonds. The van der Waals surface area contributed by atoms with E-state index in [2.05, 4.69) is 0 Å². The summed E-state index contributed by atoms with van der Waals surface area (Å²) in [5, 5.41) is 0. The van der Waals surface area contributed by atoms with Gasteiger partial charge in [0.2, 0.25) is 0 Å². The lowest BCUT2D eigenvalue weighted by molar-refractivity contribution is -0.118. The fraction of sp³-hybridized carbons (Fsp3) is 0.500. The van der Waals surface area contributed by atoms with Crippen molar-refractivity contribution in [3.05, 3.63) is 0 Å². The van der Waals surface area contributed by atoms with Crippen LogP contribution in [0.5, 0.6) is 0 Å². The molecule has 0 spiro atoms. The first kappa shape index (κ1) is 8.53. The summed E-state index contributed by atoms with van der Waals surface area (Å²) >= 11 is 0. The Morgan fingerprint density at radius 2 is 2.00 bits per heavy atom. The number of aldehydes is 2. The smallest absolute Gasteiger partial charge is 0.129 e. The first-order valence-corrected chi connectivity index (χ1v) is 3.25. The van der Waals surface area contributed by atoms with Crippen LogP contribution in [0.3, 0.4) is 0 Å². The molecule has 0 saturated heterocycles. The van der Waals surface area contributed by atoms with E-state index in [4.69, 9.17) is 0 Å². The van der Waals surface area contributed by atoms with Crippen molar-refractivity contribution in [2.45, 2.75) is 6.32 Å². The molecule has 2 nitrogen and oxygen atoms in total. The van der Waals surface area contributed by atoms with Gasteiger partial charge in [-0.05, 0) is 0 Å². The Morgan fingerprint density at radius 3 is 2.33 bits per heavy atom. The maximum absolute atomic E-state index is 10.0. The van der Waals surface area contributed by atoms with Gasteiger partial charge in [0.1, 0.15) is 12.6 Å². The molecule has 0 saturated carbocycles.